The number of carbonyl (C=O) groups excluding carboxylic acids is 2. The van der Waals surface area contributed by atoms with Crippen molar-refractivity contribution in [2.45, 2.75) is 66.4 Å². The zero-order chi connectivity index (χ0) is 19.8. The Morgan fingerprint density at radius 3 is 2.31 bits per heavy atom. The summed E-state index contributed by atoms with van der Waals surface area (Å²) in [6.07, 6.45) is 3.76. The summed E-state index contributed by atoms with van der Waals surface area (Å²) in [5.74, 6) is 0.644. The molecule has 0 spiro atoms. The molecule has 0 heterocycles. The molecule has 0 aromatic rings. The molecule has 0 saturated heterocycles. The topological polar surface area (TPSA) is 52.6 Å². The Hall–Kier alpha value is -1.10. The van der Waals surface area contributed by atoms with Gasteiger partial charge in [-0.1, -0.05) is 34.6 Å². The van der Waals surface area contributed by atoms with E-state index in [2.05, 4.69) is 20.8 Å². The van der Waals surface area contributed by atoms with Gasteiger partial charge in [-0.05, 0) is 36.5 Å². The molecule has 0 N–H and O–H groups in total. The first kappa shape index (κ1) is 21.2. The lowest BCUT2D eigenvalue weighted by molar-refractivity contribution is -0.882. The number of rotatable bonds is 8. The van der Waals surface area contributed by atoms with Crippen LogP contribution >= 0.6 is 0 Å². The third-order valence-corrected chi connectivity index (χ3v) is 7.04. The molecule has 5 heteroatoms. The molecule has 150 valence electrons. The smallest absolute Gasteiger partial charge is 0.361 e. The molecule has 2 bridgehead atoms. The van der Waals surface area contributed by atoms with E-state index in [1.807, 2.05) is 27.9 Å². The average molecular weight is 369 g/mol. The van der Waals surface area contributed by atoms with E-state index < -0.39 is 0 Å². The predicted octanol–water partition coefficient (Wildman–Crippen LogP) is 3.41. The van der Waals surface area contributed by atoms with Gasteiger partial charge in [-0.3, -0.25) is 4.79 Å². The first-order valence-electron chi connectivity index (χ1n) is 10.0. The second kappa shape index (κ2) is 7.49. The maximum absolute atomic E-state index is 12.4. The number of esters is 2. The van der Waals surface area contributed by atoms with Crippen molar-refractivity contribution in [2.75, 3.05) is 33.8 Å². The number of hydrogen-bond donors (Lipinski definition) is 0. The quantitative estimate of drug-likeness (QED) is 0.487. The minimum Gasteiger partial charge on any atom is -0.462 e. The van der Waals surface area contributed by atoms with Crippen molar-refractivity contribution in [3.63, 3.8) is 0 Å². The Morgan fingerprint density at radius 1 is 1.15 bits per heavy atom. The summed E-state index contributed by atoms with van der Waals surface area (Å²) in [5.41, 5.74) is 0.339. The summed E-state index contributed by atoms with van der Waals surface area (Å²) < 4.78 is 11.6. The van der Waals surface area contributed by atoms with Crippen LogP contribution in [0.5, 0.6) is 0 Å². The van der Waals surface area contributed by atoms with Gasteiger partial charge in [0, 0.05) is 5.41 Å². The van der Waals surface area contributed by atoms with Crippen LogP contribution in [0.2, 0.25) is 0 Å². The van der Waals surface area contributed by atoms with Gasteiger partial charge in [0.2, 0.25) is 0 Å². The van der Waals surface area contributed by atoms with E-state index >= 15 is 0 Å². The van der Waals surface area contributed by atoms with Crippen LogP contribution in [-0.2, 0) is 19.1 Å². The zero-order valence-electron chi connectivity index (χ0n) is 17.8. The highest BCUT2D eigenvalue weighted by atomic mass is 16.5. The van der Waals surface area contributed by atoms with Crippen molar-refractivity contribution in [3.05, 3.63) is 0 Å². The van der Waals surface area contributed by atoms with Crippen molar-refractivity contribution in [1.82, 2.24) is 0 Å². The molecule has 2 saturated carbocycles. The lowest BCUT2D eigenvalue weighted by atomic mass is 9.70. The molecule has 2 aliphatic rings. The SMILES string of the molecule is CC(C)COC(=O)C[N+](C)(C)CCC(=O)O[C@@H]1C[C@H]2CC[C@]1(C)C2(C)C. The van der Waals surface area contributed by atoms with Crippen LogP contribution < -0.4 is 0 Å². The Bertz CT molecular complexity index is 540. The highest BCUT2D eigenvalue weighted by Gasteiger charge is 2.62. The lowest BCUT2D eigenvalue weighted by Crippen LogP contribution is -2.46. The van der Waals surface area contributed by atoms with E-state index in [9.17, 15) is 9.59 Å². The fraction of sp³-hybridized carbons (Fsp3) is 0.905. The van der Waals surface area contributed by atoms with Gasteiger partial charge in [0.1, 0.15) is 6.10 Å². The molecule has 2 rings (SSSR count). The first-order valence-corrected chi connectivity index (χ1v) is 10.0. The van der Waals surface area contributed by atoms with E-state index in [4.69, 9.17) is 9.47 Å². The molecular weight excluding hydrogens is 330 g/mol. The Kier molecular flexibility index (Phi) is 6.11. The number of nitrogens with zero attached hydrogens (tertiary/aromatic N) is 1. The van der Waals surface area contributed by atoms with Crippen molar-refractivity contribution in [2.24, 2.45) is 22.7 Å². The van der Waals surface area contributed by atoms with Gasteiger partial charge in [-0.15, -0.1) is 0 Å². The lowest BCUT2D eigenvalue weighted by Gasteiger charge is -2.38. The van der Waals surface area contributed by atoms with Crippen molar-refractivity contribution in [1.29, 1.82) is 0 Å². The van der Waals surface area contributed by atoms with Gasteiger partial charge in [0.25, 0.3) is 0 Å². The monoisotopic (exact) mass is 368 g/mol. The van der Waals surface area contributed by atoms with E-state index in [1.165, 1.54) is 6.42 Å². The molecule has 26 heavy (non-hydrogen) atoms. The van der Waals surface area contributed by atoms with Gasteiger partial charge < -0.3 is 14.0 Å². The molecular formula is C21H38NO4+. The Labute approximate surface area is 159 Å². The van der Waals surface area contributed by atoms with Crippen LogP contribution in [0, 0.1) is 22.7 Å². The van der Waals surface area contributed by atoms with Gasteiger partial charge in [0.15, 0.2) is 6.54 Å². The van der Waals surface area contributed by atoms with E-state index in [0.29, 0.717) is 35.9 Å². The second-order valence-corrected chi connectivity index (χ2v) is 10.2. The predicted molar refractivity (Wildman–Crippen MR) is 101 cm³/mol. The van der Waals surface area contributed by atoms with Crippen LogP contribution in [0.1, 0.15) is 60.3 Å². The summed E-state index contributed by atoms with van der Waals surface area (Å²) in [6, 6.07) is 0. The van der Waals surface area contributed by atoms with Crippen LogP contribution in [0.4, 0.5) is 0 Å². The number of hydrogen-bond acceptors (Lipinski definition) is 4. The van der Waals surface area contributed by atoms with E-state index in [-0.39, 0.29) is 35.4 Å². The third-order valence-electron chi connectivity index (χ3n) is 7.04. The summed E-state index contributed by atoms with van der Waals surface area (Å²) >= 11 is 0. The standard InChI is InChI=1S/C21H38NO4/c1-15(2)14-25-19(24)13-22(6,7)11-9-18(23)26-17-12-16-8-10-21(17,5)20(16,3)4/h15-17H,8-14H2,1-7H3/q+1/t16-,17-,21+/m1/s1. The van der Waals surface area contributed by atoms with Gasteiger partial charge in [-0.25, -0.2) is 4.79 Å². The number of carbonyl (C=O) groups is 2. The highest BCUT2D eigenvalue weighted by molar-refractivity contribution is 5.71. The molecule has 2 fully saturated rings. The second-order valence-electron chi connectivity index (χ2n) is 10.2. The number of ether oxygens (including phenoxy) is 2. The van der Waals surface area contributed by atoms with Gasteiger partial charge in [0.05, 0.1) is 33.7 Å². The molecule has 0 unspecified atom stereocenters. The molecule has 0 radical (unpaired) electrons. The third kappa shape index (κ3) is 4.41. The van der Waals surface area contributed by atoms with Crippen molar-refractivity contribution < 1.29 is 23.5 Å². The molecule has 5 nitrogen and oxygen atoms in total. The summed E-state index contributed by atoms with van der Waals surface area (Å²) in [5, 5.41) is 0. The minimum atomic E-state index is -0.209. The van der Waals surface area contributed by atoms with Gasteiger partial charge in [-0.2, -0.15) is 0 Å². The Morgan fingerprint density at radius 2 is 1.81 bits per heavy atom. The van der Waals surface area contributed by atoms with E-state index in [1.54, 1.807) is 0 Å². The first-order chi connectivity index (χ1) is 11.9. The highest BCUT2D eigenvalue weighted by Crippen LogP contribution is 2.66. The van der Waals surface area contributed by atoms with Crippen LogP contribution in [0.25, 0.3) is 0 Å². The maximum Gasteiger partial charge on any atom is 0.361 e. The van der Waals surface area contributed by atoms with Crippen LogP contribution in [-0.4, -0.2) is 56.3 Å². The Balaban J connectivity index is 1.79. The van der Waals surface area contributed by atoms with Crippen molar-refractivity contribution >= 4 is 11.9 Å². The number of fused-ring (bicyclic) bond motifs is 2. The number of likely N-dealkylation sites (N-methyl/N-ethyl adjacent to an activating group) is 1. The zero-order valence-corrected chi connectivity index (χ0v) is 17.8. The largest absolute Gasteiger partial charge is 0.462 e. The summed E-state index contributed by atoms with van der Waals surface area (Å²) in [4.78, 5) is 24.4. The molecule has 0 amide bonds. The van der Waals surface area contributed by atoms with Crippen molar-refractivity contribution in [3.8, 4) is 0 Å². The fourth-order valence-corrected chi connectivity index (χ4v) is 4.65. The fourth-order valence-electron chi connectivity index (χ4n) is 4.65. The summed E-state index contributed by atoms with van der Waals surface area (Å²) in [7, 11) is 3.90. The summed E-state index contributed by atoms with van der Waals surface area (Å²) in [6.45, 7) is 12.2. The van der Waals surface area contributed by atoms with Gasteiger partial charge >= 0.3 is 11.9 Å². The molecule has 3 atom stereocenters. The molecule has 0 aromatic carbocycles. The minimum absolute atomic E-state index is 0.0374. The number of quaternary nitrogens is 1. The maximum atomic E-state index is 12.4. The molecule has 2 aliphatic carbocycles. The molecule has 0 aromatic heterocycles. The van der Waals surface area contributed by atoms with Crippen LogP contribution in [0.15, 0.2) is 0 Å². The van der Waals surface area contributed by atoms with E-state index in [0.717, 1.165) is 12.8 Å². The molecule has 0 aliphatic heterocycles. The van der Waals surface area contributed by atoms with Crippen LogP contribution in [0.3, 0.4) is 0 Å². The average Bonchev–Trinajstić information content (AvgIpc) is 2.84. The normalized spacial score (nSPS) is 29.8.